The minimum atomic E-state index is 0. The summed E-state index contributed by atoms with van der Waals surface area (Å²) in [7, 11) is 0. The van der Waals surface area contributed by atoms with Crippen LogP contribution in [0.25, 0.3) is 0 Å². The van der Waals surface area contributed by atoms with E-state index in [1.807, 2.05) is 11.6 Å². The van der Waals surface area contributed by atoms with Crippen LogP contribution in [-0.2, 0) is 0 Å². The fourth-order valence-corrected chi connectivity index (χ4v) is 0.720. The van der Waals surface area contributed by atoms with Gasteiger partial charge in [0.25, 0.3) is 0 Å². The Morgan fingerprint density at radius 2 is 2.43 bits per heavy atom. The fraction of sp³-hybridized carbons (Fsp3) is 0.250. The molecule has 0 aromatic rings. The van der Waals surface area contributed by atoms with Gasteiger partial charge in [0.2, 0.25) is 0 Å². The Hall–Kier alpha value is -0.280. The molecule has 7 heavy (non-hydrogen) atoms. The van der Waals surface area contributed by atoms with Crippen molar-refractivity contribution >= 4 is 18.0 Å². The van der Waals surface area contributed by atoms with Crippen molar-refractivity contribution in [2.24, 2.45) is 4.99 Å². The summed E-state index contributed by atoms with van der Waals surface area (Å²) >= 11 is 1.77. The van der Waals surface area contributed by atoms with Gasteiger partial charge in [-0.3, -0.25) is 4.99 Å². The van der Waals surface area contributed by atoms with Crippen LogP contribution in [0.15, 0.2) is 16.6 Å². The highest BCUT2D eigenvalue weighted by atomic mass is 32.2. The van der Waals surface area contributed by atoms with E-state index < -0.39 is 0 Å². The summed E-state index contributed by atoms with van der Waals surface area (Å²) in [6, 6.07) is 0. The van der Waals surface area contributed by atoms with Crippen molar-refractivity contribution in [3.8, 4) is 0 Å². The second-order valence-electron chi connectivity index (χ2n) is 0.950. The number of nitrogens with zero attached hydrogens (tertiary/aromatic N) is 1. The maximum atomic E-state index is 3.85. The summed E-state index contributed by atoms with van der Waals surface area (Å²) < 4.78 is 0. The highest BCUT2D eigenvalue weighted by Gasteiger charge is 1.78. The first-order valence-electron chi connectivity index (χ1n) is 1.78. The van der Waals surface area contributed by atoms with E-state index in [0.717, 1.165) is 5.75 Å². The molecule has 0 amide bonds. The first-order chi connectivity index (χ1) is 3.00. The third-order valence-corrected chi connectivity index (χ3v) is 1.18. The van der Waals surface area contributed by atoms with Crippen molar-refractivity contribution in [3.63, 3.8) is 0 Å². The first-order valence-corrected chi connectivity index (χ1v) is 2.83. The predicted octanol–water partition coefficient (Wildman–Crippen LogP) is 1.44. The summed E-state index contributed by atoms with van der Waals surface area (Å²) in [6.45, 7) is 0. The average Bonchev–Trinajstić information content (AvgIpc) is 1.72. The Kier molecular flexibility index (Phi) is 3.74. The molecule has 3 heteroatoms. The molecule has 0 saturated heterocycles. The van der Waals surface area contributed by atoms with E-state index in [2.05, 4.69) is 4.99 Å². The molecule has 1 aliphatic rings. The zero-order chi connectivity index (χ0) is 4.24. The van der Waals surface area contributed by atoms with Gasteiger partial charge >= 0.3 is 0 Å². The zero-order valence-electron chi connectivity index (χ0n) is 4.00. The normalized spacial score (nSPS) is 16.0. The molecule has 0 aromatic heterocycles. The van der Waals surface area contributed by atoms with Crippen LogP contribution in [0, 0.1) is 0 Å². The SMILES string of the molecule is C1=CSCC=N1.N. The van der Waals surface area contributed by atoms with Crippen LogP contribution in [0.2, 0.25) is 0 Å². The van der Waals surface area contributed by atoms with Gasteiger partial charge in [-0.05, 0) is 5.41 Å². The summed E-state index contributed by atoms with van der Waals surface area (Å²) in [5.41, 5.74) is 0. The molecule has 0 bridgehead atoms. The van der Waals surface area contributed by atoms with Crippen molar-refractivity contribution < 1.29 is 0 Å². The van der Waals surface area contributed by atoms with Gasteiger partial charge in [-0.15, -0.1) is 11.8 Å². The standard InChI is InChI=1S/C4H5NS.H3N/c1-3-6-4-2-5-1;/h1-3H,4H2;1H3. The van der Waals surface area contributed by atoms with Crippen LogP contribution in [0.3, 0.4) is 0 Å². The Morgan fingerprint density at radius 3 is 2.57 bits per heavy atom. The zero-order valence-corrected chi connectivity index (χ0v) is 4.82. The van der Waals surface area contributed by atoms with Gasteiger partial charge < -0.3 is 6.15 Å². The van der Waals surface area contributed by atoms with Crippen LogP contribution in [-0.4, -0.2) is 12.0 Å². The van der Waals surface area contributed by atoms with Gasteiger partial charge in [-0.2, -0.15) is 0 Å². The predicted molar refractivity (Wildman–Crippen MR) is 35.1 cm³/mol. The lowest BCUT2D eigenvalue weighted by atomic mass is 10.8. The van der Waals surface area contributed by atoms with E-state index in [-0.39, 0.29) is 6.15 Å². The number of aliphatic imine (C=N–C) groups is 1. The fourth-order valence-electron chi connectivity index (χ4n) is 0.281. The van der Waals surface area contributed by atoms with Crippen molar-refractivity contribution in [3.05, 3.63) is 11.6 Å². The Bertz CT molecular complexity index is 75.7. The number of rotatable bonds is 0. The third kappa shape index (κ3) is 2.42. The summed E-state index contributed by atoms with van der Waals surface area (Å²) in [6.07, 6.45) is 3.69. The molecule has 0 saturated carbocycles. The van der Waals surface area contributed by atoms with Crippen LogP contribution in [0.1, 0.15) is 0 Å². The minimum absolute atomic E-state index is 0. The van der Waals surface area contributed by atoms with Crippen molar-refractivity contribution in [1.29, 1.82) is 0 Å². The van der Waals surface area contributed by atoms with Crippen LogP contribution < -0.4 is 6.15 Å². The van der Waals surface area contributed by atoms with E-state index >= 15 is 0 Å². The molecular weight excluding hydrogens is 108 g/mol. The highest BCUT2D eigenvalue weighted by Crippen LogP contribution is 2.02. The van der Waals surface area contributed by atoms with Crippen LogP contribution in [0.4, 0.5) is 0 Å². The average molecular weight is 116 g/mol. The number of hydrogen-bond acceptors (Lipinski definition) is 3. The van der Waals surface area contributed by atoms with Gasteiger partial charge in [0.1, 0.15) is 0 Å². The largest absolute Gasteiger partial charge is 0.344 e. The Balaban J connectivity index is 0.000000360. The van der Waals surface area contributed by atoms with Gasteiger partial charge in [-0.1, -0.05) is 0 Å². The first kappa shape index (κ1) is 6.72. The van der Waals surface area contributed by atoms with E-state index in [9.17, 15) is 0 Å². The van der Waals surface area contributed by atoms with Gasteiger partial charge in [0.05, 0.1) is 0 Å². The quantitative estimate of drug-likeness (QED) is 0.520. The Labute approximate surface area is 47.3 Å². The maximum Gasteiger partial charge on any atom is 0.0330 e. The van der Waals surface area contributed by atoms with Crippen molar-refractivity contribution in [1.82, 2.24) is 6.15 Å². The molecule has 0 radical (unpaired) electrons. The van der Waals surface area contributed by atoms with E-state index in [1.165, 1.54) is 0 Å². The molecule has 1 heterocycles. The molecule has 3 N–H and O–H groups in total. The number of thioether (sulfide) groups is 1. The third-order valence-electron chi connectivity index (χ3n) is 0.519. The summed E-state index contributed by atoms with van der Waals surface area (Å²) in [5, 5.41) is 1.99. The topological polar surface area (TPSA) is 47.4 Å². The second kappa shape index (κ2) is 3.89. The van der Waals surface area contributed by atoms with Gasteiger partial charge in [-0.25, -0.2) is 0 Å². The monoisotopic (exact) mass is 116 g/mol. The molecule has 1 aliphatic heterocycles. The maximum absolute atomic E-state index is 3.85. The lowest BCUT2D eigenvalue weighted by molar-refractivity contribution is 1.59. The molecule has 2 nitrogen and oxygen atoms in total. The summed E-state index contributed by atoms with van der Waals surface area (Å²) in [4.78, 5) is 3.85. The van der Waals surface area contributed by atoms with Crippen molar-refractivity contribution in [2.45, 2.75) is 0 Å². The molecule has 0 atom stereocenters. The molecule has 0 spiro atoms. The molecule has 40 valence electrons. The molecule has 0 fully saturated rings. The molecule has 0 aliphatic carbocycles. The highest BCUT2D eigenvalue weighted by molar-refractivity contribution is 8.02. The summed E-state index contributed by atoms with van der Waals surface area (Å²) in [5.74, 6) is 1.04. The minimum Gasteiger partial charge on any atom is -0.344 e. The lowest BCUT2D eigenvalue weighted by Gasteiger charge is -1.87. The molecular formula is C4H8N2S. The van der Waals surface area contributed by atoms with E-state index in [1.54, 1.807) is 18.0 Å². The molecule has 0 aromatic carbocycles. The molecule has 1 rings (SSSR count). The van der Waals surface area contributed by atoms with Crippen LogP contribution >= 0.6 is 11.8 Å². The van der Waals surface area contributed by atoms with Gasteiger partial charge in [0, 0.05) is 18.2 Å². The van der Waals surface area contributed by atoms with Crippen LogP contribution in [0.5, 0.6) is 0 Å². The lowest BCUT2D eigenvalue weighted by Crippen LogP contribution is -1.77. The van der Waals surface area contributed by atoms with E-state index in [4.69, 9.17) is 0 Å². The van der Waals surface area contributed by atoms with E-state index in [0.29, 0.717) is 0 Å². The van der Waals surface area contributed by atoms with Gasteiger partial charge in [0.15, 0.2) is 0 Å². The van der Waals surface area contributed by atoms with Crippen molar-refractivity contribution in [2.75, 3.05) is 5.75 Å². The smallest absolute Gasteiger partial charge is 0.0330 e. The number of hydrogen-bond donors (Lipinski definition) is 1. The second-order valence-corrected chi connectivity index (χ2v) is 1.89. The Morgan fingerprint density at radius 1 is 1.57 bits per heavy atom. The molecule has 0 unspecified atom stereocenters.